The number of ether oxygens (including phenoxy) is 1. The van der Waals surface area contributed by atoms with Gasteiger partial charge in [0, 0.05) is 16.7 Å². The molecule has 1 unspecified atom stereocenters. The maximum atomic E-state index is 12.3. The molecular formula is C12H12BrN3O2. The molecule has 0 bridgehead atoms. The number of benzene rings is 1. The predicted molar refractivity (Wildman–Crippen MR) is 69.8 cm³/mol. The number of nitrogens with zero attached hydrogens (tertiary/aromatic N) is 2. The van der Waals surface area contributed by atoms with Crippen LogP contribution in [-0.4, -0.2) is 36.6 Å². The Morgan fingerprint density at radius 3 is 3.06 bits per heavy atom. The van der Waals surface area contributed by atoms with Gasteiger partial charge in [0.15, 0.2) is 6.10 Å². The largest absolute Gasteiger partial charge is 0.398 e. The fraction of sp³-hybridized carbons (Fsp3) is 0.333. The van der Waals surface area contributed by atoms with Crippen molar-refractivity contribution in [3.63, 3.8) is 0 Å². The van der Waals surface area contributed by atoms with Crippen LogP contribution in [-0.2, 0) is 4.74 Å². The van der Waals surface area contributed by atoms with Crippen molar-refractivity contribution in [1.82, 2.24) is 4.90 Å². The van der Waals surface area contributed by atoms with Crippen molar-refractivity contribution < 1.29 is 9.53 Å². The van der Waals surface area contributed by atoms with Crippen LogP contribution in [0.15, 0.2) is 22.7 Å². The summed E-state index contributed by atoms with van der Waals surface area (Å²) >= 11 is 3.29. The van der Waals surface area contributed by atoms with Crippen molar-refractivity contribution in [2.45, 2.75) is 6.10 Å². The lowest BCUT2D eigenvalue weighted by molar-refractivity contribution is 0.00351. The number of anilines is 1. The molecule has 2 rings (SSSR count). The van der Waals surface area contributed by atoms with E-state index in [1.54, 1.807) is 23.1 Å². The van der Waals surface area contributed by atoms with E-state index in [0.717, 1.165) is 4.47 Å². The highest BCUT2D eigenvalue weighted by Gasteiger charge is 2.25. The first kappa shape index (κ1) is 12.9. The molecule has 1 aromatic carbocycles. The van der Waals surface area contributed by atoms with E-state index in [0.29, 0.717) is 24.4 Å². The quantitative estimate of drug-likeness (QED) is 0.795. The third-order valence-corrected chi connectivity index (χ3v) is 3.23. The normalized spacial score (nSPS) is 19.3. The smallest absolute Gasteiger partial charge is 0.256 e. The molecule has 0 radical (unpaired) electrons. The van der Waals surface area contributed by atoms with Crippen LogP contribution in [0, 0.1) is 11.3 Å². The van der Waals surface area contributed by atoms with Crippen molar-refractivity contribution in [3.05, 3.63) is 28.2 Å². The Morgan fingerprint density at radius 1 is 1.61 bits per heavy atom. The number of carbonyl (C=O) groups excluding carboxylic acids is 1. The monoisotopic (exact) mass is 309 g/mol. The Labute approximate surface area is 113 Å². The Hall–Kier alpha value is -1.58. The van der Waals surface area contributed by atoms with Gasteiger partial charge in [0.2, 0.25) is 0 Å². The molecule has 0 spiro atoms. The zero-order valence-corrected chi connectivity index (χ0v) is 11.2. The van der Waals surface area contributed by atoms with E-state index in [2.05, 4.69) is 15.9 Å². The third kappa shape index (κ3) is 2.63. The Kier molecular flexibility index (Phi) is 3.84. The Balaban J connectivity index is 2.18. The highest BCUT2D eigenvalue weighted by Crippen LogP contribution is 2.21. The number of nitrogens with two attached hydrogens (primary N) is 1. The highest BCUT2D eigenvalue weighted by atomic mass is 79.9. The average molecular weight is 310 g/mol. The number of halogens is 1. The van der Waals surface area contributed by atoms with Crippen molar-refractivity contribution in [3.8, 4) is 6.07 Å². The van der Waals surface area contributed by atoms with Crippen molar-refractivity contribution >= 4 is 27.5 Å². The lowest BCUT2D eigenvalue weighted by Gasteiger charge is -2.30. The highest BCUT2D eigenvalue weighted by molar-refractivity contribution is 9.10. The molecule has 6 heteroatoms. The fourth-order valence-corrected chi connectivity index (χ4v) is 2.19. The molecule has 0 aliphatic carbocycles. The Bertz CT molecular complexity index is 513. The van der Waals surface area contributed by atoms with Crippen LogP contribution in [0.5, 0.6) is 0 Å². The summed E-state index contributed by atoms with van der Waals surface area (Å²) in [5.41, 5.74) is 6.70. The number of hydrogen-bond donors (Lipinski definition) is 1. The molecular weight excluding hydrogens is 298 g/mol. The van der Waals surface area contributed by atoms with E-state index in [9.17, 15) is 4.79 Å². The molecule has 1 atom stereocenters. The molecule has 1 amide bonds. The number of rotatable bonds is 1. The summed E-state index contributed by atoms with van der Waals surface area (Å²) in [6.45, 7) is 1.14. The van der Waals surface area contributed by atoms with Crippen LogP contribution < -0.4 is 5.73 Å². The van der Waals surface area contributed by atoms with Crippen molar-refractivity contribution in [2.75, 3.05) is 25.4 Å². The minimum absolute atomic E-state index is 0.163. The summed E-state index contributed by atoms with van der Waals surface area (Å²) in [6.07, 6.45) is -0.556. The number of carbonyl (C=O) groups is 1. The van der Waals surface area contributed by atoms with Crippen molar-refractivity contribution in [1.29, 1.82) is 5.26 Å². The van der Waals surface area contributed by atoms with E-state index >= 15 is 0 Å². The maximum Gasteiger partial charge on any atom is 0.256 e. The molecule has 1 aromatic rings. The van der Waals surface area contributed by atoms with Gasteiger partial charge >= 0.3 is 0 Å². The first-order chi connectivity index (χ1) is 8.61. The van der Waals surface area contributed by atoms with Gasteiger partial charge in [-0.05, 0) is 18.2 Å². The van der Waals surface area contributed by atoms with Gasteiger partial charge in [0.05, 0.1) is 24.8 Å². The van der Waals surface area contributed by atoms with Crippen LogP contribution >= 0.6 is 15.9 Å². The molecule has 94 valence electrons. The molecule has 2 N–H and O–H groups in total. The topological polar surface area (TPSA) is 79.4 Å². The molecule has 1 aliphatic heterocycles. The minimum Gasteiger partial charge on any atom is -0.398 e. The number of nitriles is 1. The molecule has 1 heterocycles. The van der Waals surface area contributed by atoms with Gasteiger partial charge in [0.1, 0.15) is 0 Å². The third-order valence-electron chi connectivity index (χ3n) is 2.74. The minimum atomic E-state index is -0.556. The lowest BCUT2D eigenvalue weighted by Crippen LogP contribution is -2.45. The van der Waals surface area contributed by atoms with Gasteiger partial charge in [-0.1, -0.05) is 15.9 Å². The molecule has 5 nitrogen and oxygen atoms in total. The van der Waals surface area contributed by atoms with Crippen LogP contribution in [0.4, 0.5) is 5.69 Å². The van der Waals surface area contributed by atoms with E-state index in [-0.39, 0.29) is 12.5 Å². The summed E-state index contributed by atoms with van der Waals surface area (Å²) in [7, 11) is 0. The molecule has 1 saturated heterocycles. The van der Waals surface area contributed by atoms with Gasteiger partial charge in [0.25, 0.3) is 5.91 Å². The van der Waals surface area contributed by atoms with Gasteiger partial charge in [-0.3, -0.25) is 4.79 Å². The van der Waals surface area contributed by atoms with Gasteiger partial charge in [-0.15, -0.1) is 0 Å². The Morgan fingerprint density at radius 2 is 2.39 bits per heavy atom. The summed E-state index contributed by atoms with van der Waals surface area (Å²) in [5.74, 6) is -0.163. The van der Waals surface area contributed by atoms with Gasteiger partial charge < -0.3 is 15.4 Å². The second-order valence-electron chi connectivity index (χ2n) is 3.97. The zero-order chi connectivity index (χ0) is 13.1. The fourth-order valence-electron chi connectivity index (χ4n) is 1.81. The number of morpholine rings is 1. The first-order valence-corrected chi connectivity index (χ1v) is 6.26. The summed E-state index contributed by atoms with van der Waals surface area (Å²) < 4.78 is 6.03. The van der Waals surface area contributed by atoms with Crippen molar-refractivity contribution in [2.24, 2.45) is 0 Å². The molecule has 1 aliphatic rings. The maximum absolute atomic E-state index is 12.3. The molecule has 0 aromatic heterocycles. The molecule has 1 fully saturated rings. The lowest BCUT2D eigenvalue weighted by atomic mass is 10.1. The van der Waals surface area contributed by atoms with E-state index in [4.69, 9.17) is 15.7 Å². The van der Waals surface area contributed by atoms with E-state index in [1.165, 1.54) is 0 Å². The average Bonchev–Trinajstić information content (AvgIpc) is 2.38. The van der Waals surface area contributed by atoms with E-state index < -0.39 is 6.10 Å². The number of nitrogen functional groups attached to an aromatic ring is 1. The van der Waals surface area contributed by atoms with Crippen LogP contribution in [0.1, 0.15) is 10.4 Å². The summed E-state index contributed by atoms with van der Waals surface area (Å²) in [5, 5.41) is 8.81. The molecule has 0 saturated carbocycles. The second-order valence-corrected chi connectivity index (χ2v) is 4.89. The predicted octanol–water partition coefficient (Wildman–Crippen LogP) is 1.40. The second kappa shape index (κ2) is 5.38. The van der Waals surface area contributed by atoms with Crippen LogP contribution in [0.3, 0.4) is 0 Å². The van der Waals surface area contributed by atoms with E-state index in [1.807, 2.05) is 6.07 Å². The number of hydrogen-bond acceptors (Lipinski definition) is 4. The zero-order valence-electron chi connectivity index (χ0n) is 9.60. The van der Waals surface area contributed by atoms with Gasteiger partial charge in [-0.25, -0.2) is 0 Å². The summed E-state index contributed by atoms with van der Waals surface area (Å²) in [6, 6.07) is 7.15. The standard InChI is InChI=1S/C12H12BrN3O2/c13-8-1-2-10(11(15)5-8)12(17)16-3-4-18-9(6-14)7-16/h1-2,5,9H,3-4,7,15H2. The molecule has 18 heavy (non-hydrogen) atoms. The van der Waals surface area contributed by atoms with Gasteiger partial charge in [-0.2, -0.15) is 5.26 Å². The summed E-state index contributed by atoms with van der Waals surface area (Å²) in [4.78, 5) is 13.9. The first-order valence-electron chi connectivity index (χ1n) is 5.47. The van der Waals surface area contributed by atoms with Crippen LogP contribution in [0.2, 0.25) is 0 Å². The van der Waals surface area contributed by atoms with Crippen LogP contribution in [0.25, 0.3) is 0 Å². The SMILES string of the molecule is N#CC1CN(C(=O)c2ccc(Br)cc2N)CCO1. The number of amides is 1.